The van der Waals surface area contributed by atoms with Crippen LogP contribution in [0.3, 0.4) is 0 Å². The third-order valence-corrected chi connectivity index (χ3v) is 4.08. The van der Waals surface area contributed by atoms with Crippen molar-refractivity contribution in [3.05, 3.63) is 69.7 Å². The van der Waals surface area contributed by atoms with Crippen LogP contribution in [0, 0.1) is 0 Å². The minimum Gasteiger partial charge on any atom is -0.450 e. The molecule has 0 aliphatic carbocycles. The van der Waals surface area contributed by atoms with Crippen LogP contribution in [-0.4, -0.2) is 24.8 Å². The number of ether oxygens (including phenoxy) is 1. The van der Waals surface area contributed by atoms with Gasteiger partial charge in [-0.25, -0.2) is 10.2 Å². The van der Waals surface area contributed by atoms with Crippen molar-refractivity contribution in [2.45, 2.75) is 19.4 Å². The van der Waals surface area contributed by atoms with Crippen molar-refractivity contribution in [3.63, 3.8) is 0 Å². The van der Waals surface area contributed by atoms with E-state index in [1.807, 2.05) is 30.3 Å². The highest BCUT2D eigenvalue weighted by atomic mass is 35.5. The second kappa shape index (κ2) is 10.5. The van der Waals surface area contributed by atoms with Gasteiger partial charge in [-0.05, 0) is 24.6 Å². The van der Waals surface area contributed by atoms with Gasteiger partial charge in [-0.15, -0.1) is 0 Å². The molecule has 0 unspecified atom stereocenters. The van der Waals surface area contributed by atoms with Gasteiger partial charge < -0.3 is 10.1 Å². The number of halogens is 2. The van der Waals surface area contributed by atoms with Gasteiger partial charge in [-0.2, -0.15) is 5.10 Å². The maximum Gasteiger partial charge on any atom is 0.407 e. The molecule has 1 atom stereocenters. The molecule has 2 N–H and O–H groups in total. The van der Waals surface area contributed by atoms with Crippen LogP contribution in [0.4, 0.5) is 4.79 Å². The predicted octanol–water partition coefficient (Wildman–Crippen LogP) is 4.32. The number of carbonyl (C=O) groups excluding carboxylic acids is 2. The summed E-state index contributed by atoms with van der Waals surface area (Å²) in [5.41, 5.74) is 3.82. The third kappa shape index (κ3) is 6.92. The number of amides is 2. The highest BCUT2D eigenvalue weighted by Gasteiger charge is 2.18. The molecular weight excluding hydrogens is 389 g/mol. The second-order valence-corrected chi connectivity index (χ2v) is 6.33. The van der Waals surface area contributed by atoms with Crippen LogP contribution in [0.15, 0.2) is 53.6 Å². The first-order valence-electron chi connectivity index (χ1n) is 8.24. The first kappa shape index (κ1) is 20.7. The van der Waals surface area contributed by atoms with Crippen molar-refractivity contribution in [2.24, 2.45) is 5.10 Å². The van der Waals surface area contributed by atoms with Gasteiger partial charge in [-0.3, -0.25) is 4.79 Å². The number of alkyl carbamates (subject to hydrolysis) is 1. The van der Waals surface area contributed by atoms with Crippen molar-refractivity contribution in [3.8, 4) is 0 Å². The van der Waals surface area contributed by atoms with E-state index >= 15 is 0 Å². The van der Waals surface area contributed by atoms with Crippen molar-refractivity contribution < 1.29 is 14.3 Å². The summed E-state index contributed by atoms with van der Waals surface area (Å²) in [5.74, 6) is -0.373. The number of rotatable bonds is 7. The predicted molar refractivity (Wildman–Crippen MR) is 106 cm³/mol. The van der Waals surface area contributed by atoms with Crippen molar-refractivity contribution >= 4 is 41.4 Å². The van der Waals surface area contributed by atoms with Crippen LogP contribution < -0.4 is 10.7 Å². The molecule has 27 heavy (non-hydrogen) atoms. The Morgan fingerprint density at radius 3 is 2.59 bits per heavy atom. The summed E-state index contributed by atoms with van der Waals surface area (Å²) >= 11 is 11.9. The number of carbonyl (C=O) groups is 2. The molecule has 0 aliphatic heterocycles. The molecule has 0 saturated heterocycles. The molecule has 6 nitrogen and oxygen atoms in total. The van der Waals surface area contributed by atoms with Crippen LogP contribution in [-0.2, 0) is 9.53 Å². The van der Waals surface area contributed by atoms with E-state index in [9.17, 15) is 9.59 Å². The molecule has 142 valence electrons. The number of benzene rings is 2. The number of nitrogens with one attached hydrogen (secondary N) is 2. The normalized spacial score (nSPS) is 11.8. The van der Waals surface area contributed by atoms with Gasteiger partial charge in [0.25, 0.3) is 0 Å². The Labute approximate surface area is 167 Å². The zero-order chi connectivity index (χ0) is 19.6. The summed E-state index contributed by atoms with van der Waals surface area (Å²) in [6.45, 7) is 1.95. The summed E-state index contributed by atoms with van der Waals surface area (Å²) in [7, 11) is 0. The quantitative estimate of drug-likeness (QED) is 0.529. The summed E-state index contributed by atoms with van der Waals surface area (Å²) < 4.78 is 4.90. The number of nitrogens with zero attached hydrogens (tertiary/aromatic N) is 1. The van der Waals surface area contributed by atoms with Crippen LogP contribution in [0.1, 0.15) is 30.5 Å². The molecule has 2 amide bonds. The lowest BCUT2D eigenvalue weighted by atomic mass is 10.0. The van der Waals surface area contributed by atoms with E-state index in [1.165, 1.54) is 6.21 Å². The Hall–Kier alpha value is -2.57. The van der Waals surface area contributed by atoms with E-state index in [-0.39, 0.29) is 18.9 Å². The second-order valence-electron chi connectivity index (χ2n) is 5.49. The van der Waals surface area contributed by atoms with E-state index in [2.05, 4.69) is 15.8 Å². The van der Waals surface area contributed by atoms with Gasteiger partial charge in [0.05, 0.1) is 30.3 Å². The molecule has 0 spiro atoms. The SMILES string of the molecule is CCOC(=O)N[C@H](CC(=O)N/N=C\c1ccc(Cl)cc1Cl)c1ccccc1. The molecule has 8 heteroatoms. The highest BCUT2D eigenvalue weighted by molar-refractivity contribution is 6.36. The molecule has 0 heterocycles. The zero-order valence-electron chi connectivity index (χ0n) is 14.6. The standard InChI is InChI=1S/C19H19Cl2N3O3/c1-2-27-19(26)23-17(13-6-4-3-5-7-13)11-18(25)24-22-12-14-8-9-15(20)10-16(14)21/h3-10,12,17H,2,11H2,1H3,(H,23,26)(H,24,25)/b22-12-/t17-/m1/s1. The van der Waals surface area contributed by atoms with Gasteiger partial charge in [-0.1, -0.05) is 59.6 Å². The summed E-state index contributed by atoms with van der Waals surface area (Å²) in [6.07, 6.45) is 0.831. The molecule has 0 radical (unpaired) electrons. The van der Waals surface area contributed by atoms with Crippen LogP contribution in [0.25, 0.3) is 0 Å². The smallest absolute Gasteiger partial charge is 0.407 e. The molecule has 0 bridgehead atoms. The molecule has 0 aliphatic rings. The maximum absolute atomic E-state index is 12.2. The van der Waals surface area contributed by atoms with E-state index in [0.717, 1.165) is 5.56 Å². The van der Waals surface area contributed by atoms with Crippen LogP contribution >= 0.6 is 23.2 Å². The minimum absolute atomic E-state index is 0.00544. The first-order valence-corrected chi connectivity index (χ1v) is 9.00. The molecule has 2 rings (SSSR count). The largest absolute Gasteiger partial charge is 0.450 e. The highest BCUT2D eigenvalue weighted by Crippen LogP contribution is 2.19. The lowest BCUT2D eigenvalue weighted by Crippen LogP contribution is -2.33. The van der Waals surface area contributed by atoms with Crippen LogP contribution in [0.2, 0.25) is 10.0 Å². The van der Waals surface area contributed by atoms with Crippen LogP contribution in [0.5, 0.6) is 0 Å². The van der Waals surface area contributed by atoms with Gasteiger partial charge in [0.15, 0.2) is 0 Å². The lowest BCUT2D eigenvalue weighted by molar-refractivity contribution is -0.121. The maximum atomic E-state index is 12.2. The Balaban J connectivity index is 2.00. The van der Waals surface area contributed by atoms with Gasteiger partial charge in [0.1, 0.15) is 0 Å². The van der Waals surface area contributed by atoms with Crippen molar-refractivity contribution in [2.75, 3.05) is 6.61 Å². The van der Waals surface area contributed by atoms with Gasteiger partial charge >= 0.3 is 6.09 Å². The van der Waals surface area contributed by atoms with E-state index < -0.39 is 12.1 Å². The molecule has 2 aromatic carbocycles. The number of hydrazone groups is 1. The van der Waals surface area contributed by atoms with Crippen molar-refractivity contribution in [1.29, 1.82) is 0 Å². The molecule has 0 saturated carbocycles. The third-order valence-electron chi connectivity index (χ3n) is 3.51. The monoisotopic (exact) mass is 407 g/mol. The van der Waals surface area contributed by atoms with E-state index in [0.29, 0.717) is 15.6 Å². The zero-order valence-corrected chi connectivity index (χ0v) is 16.1. The molecular formula is C19H19Cl2N3O3. The van der Waals surface area contributed by atoms with Crippen molar-refractivity contribution in [1.82, 2.24) is 10.7 Å². The summed E-state index contributed by atoms with van der Waals surface area (Å²) in [6, 6.07) is 13.6. The fraction of sp³-hybridized carbons (Fsp3) is 0.211. The summed E-state index contributed by atoms with van der Waals surface area (Å²) in [4.78, 5) is 24.0. The van der Waals surface area contributed by atoms with E-state index in [4.69, 9.17) is 27.9 Å². The average Bonchev–Trinajstić information content (AvgIpc) is 2.64. The fourth-order valence-electron chi connectivity index (χ4n) is 2.26. The molecule has 0 fully saturated rings. The molecule has 0 aromatic heterocycles. The number of hydrogen-bond donors (Lipinski definition) is 2. The van der Waals surface area contributed by atoms with Gasteiger partial charge in [0, 0.05) is 10.6 Å². The Kier molecular flexibility index (Phi) is 8.10. The Bertz CT molecular complexity index is 813. The minimum atomic E-state index is -0.587. The topological polar surface area (TPSA) is 79.8 Å². The Morgan fingerprint density at radius 2 is 1.93 bits per heavy atom. The number of hydrogen-bond acceptors (Lipinski definition) is 4. The lowest BCUT2D eigenvalue weighted by Gasteiger charge is -2.18. The summed E-state index contributed by atoms with van der Waals surface area (Å²) in [5, 5.41) is 7.51. The fourth-order valence-corrected chi connectivity index (χ4v) is 2.72. The average molecular weight is 408 g/mol. The Morgan fingerprint density at radius 1 is 1.19 bits per heavy atom. The molecule has 2 aromatic rings. The first-order chi connectivity index (χ1) is 13.0. The van der Waals surface area contributed by atoms with E-state index in [1.54, 1.807) is 25.1 Å². The van der Waals surface area contributed by atoms with Gasteiger partial charge in [0.2, 0.25) is 5.91 Å².